The number of carbonyl (C=O) groups is 1. The Morgan fingerprint density at radius 2 is 2.23 bits per heavy atom. The zero-order valence-electron chi connectivity index (χ0n) is 7.38. The SMILES string of the molecule is CCC(=O)c1cccc(S)c1CBr. The minimum atomic E-state index is 0.172. The van der Waals surface area contributed by atoms with Crippen molar-refractivity contribution < 1.29 is 4.79 Å². The minimum Gasteiger partial charge on any atom is -0.294 e. The van der Waals surface area contributed by atoms with E-state index in [1.54, 1.807) is 0 Å². The molecule has 1 nitrogen and oxygen atoms in total. The standard InChI is InChI=1S/C10H11BrOS/c1-2-9(12)7-4-3-5-10(13)8(7)6-11/h3-5,13H,2,6H2,1H3. The van der Waals surface area contributed by atoms with Gasteiger partial charge in [-0.2, -0.15) is 0 Å². The lowest BCUT2D eigenvalue weighted by molar-refractivity contribution is 0.0987. The molecule has 0 amide bonds. The molecule has 0 unspecified atom stereocenters. The number of Topliss-reactive ketones (excluding diaryl/α,β-unsaturated/α-hetero) is 1. The highest BCUT2D eigenvalue weighted by Gasteiger charge is 2.10. The van der Waals surface area contributed by atoms with E-state index in [9.17, 15) is 4.79 Å². The number of rotatable bonds is 3. The molecule has 3 heteroatoms. The first kappa shape index (κ1) is 10.8. The largest absolute Gasteiger partial charge is 0.294 e. The summed E-state index contributed by atoms with van der Waals surface area (Å²) in [6.07, 6.45) is 0.539. The molecule has 0 bridgehead atoms. The minimum absolute atomic E-state index is 0.172. The van der Waals surface area contributed by atoms with E-state index in [0.29, 0.717) is 11.8 Å². The Hall–Kier alpha value is -0.280. The predicted molar refractivity (Wildman–Crippen MR) is 60.9 cm³/mol. The van der Waals surface area contributed by atoms with Crippen LogP contribution in [0.4, 0.5) is 0 Å². The Labute approximate surface area is 92.1 Å². The van der Waals surface area contributed by atoms with Crippen LogP contribution in [0, 0.1) is 0 Å². The number of carbonyl (C=O) groups excluding carboxylic acids is 1. The molecular weight excluding hydrogens is 248 g/mol. The number of alkyl halides is 1. The highest BCUT2D eigenvalue weighted by molar-refractivity contribution is 9.08. The van der Waals surface area contributed by atoms with Crippen molar-refractivity contribution in [2.45, 2.75) is 23.6 Å². The third-order valence-corrected chi connectivity index (χ3v) is 2.89. The zero-order valence-corrected chi connectivity index (χ0v) is 9.86. The van der Waals surface area contributed by atoms with Crippen molar-refractivity contribution in [1.82, 2.24) is 0 Å². The number of halogens is 1. The maximum Gasteiger partial charge on any atom is 0.162 e. The Bertz CT molecular complexity index is 323. The molecule has 1 rings (SSSR count). The summed E-state index contributed by atoms with van der Waals surface area (Å²) in [5.74, 6) is 0.172. The van der Waals surface area contributed by atoms with Gasteiger partial charge >= 0.3 is 0 Å². The first-order chi connectivity index (χ1) is 6.20. The number of thiol groups is 1. The molecule has 0 N–H and O–H groups in total. The molecule has 0 aliphatic carbocycles. The third-order valence-electron chi connectivity index (χ3n) is 1.91. The molecule has 0 aromatic heterocycles. The lowest BCUT2D eigenvalue weighted by Crippen LogP contribution is -2.01. The van der Waals surface area contributed by atoms with Crippen LogP contribution in [0.5, 0.6) is 0 Å². The summed E-state index contributed by atoms with van der Waals surface area (Å²) < 4.78 is 0. The lowest BCUT2D eigenvalue weighted by Gasteiger charge is -2.06. The topological polar surface area (TPSA) is 17.1 Å². The fourth-order valence-electron chi connectivity index (χ4n) is 1.17. The van der Waals surface area contributed by atoms with Crippen LogP contribution in [0.2, 0.25) is 0 Å². The second-order valence-electron chi connectivity index (χ2n) is 2.71. The second-order valence-corrected chi connectivity index (χ2v) is 3.76. The van der Waals surface area contributed by atoms with Crippen LogP contribution >= 0.6 is 28.6 Å². The molecule has 0 aliphatic rings. The Morgan fingerprint density at radius 1 is 1.54 bits per heavy atom. The van der Waals surface area contributed by atoms with Gasteiger partial charge in [0.1, 0.15) is 0 Å². The lowest BCUT2D eigenvalue weighted by atomic mass is 10.0. The van der Waals surface area contributed by atoms with Crippen molar-refractivity contribution in [2.75, 3.05) is 0 Å². The molecule has 0 spiro atoms. The number of benzene rings is 1. The van der Waals surface area contributed by atoms with E-state index < -0.39 is 0 Å². The monoisotopic (exact) mass is 258 g/mol. The molecule has 13 heavy (non-hydrogen) atoms. The van der Waals surface area contributed by atoms with Crippen molar-refractivity contribution in [1.29, 1.82) is 0 Å². The van der Waals surface area contributed by atoms with Crippen LogP contribution in [0.1, 0.15) is 29.3 Å². The molecule has 0 saturated carbocycles. The molecule has 0 radical (unpaired) electrons. The highest BCUT2D eigenvalue weighted by atomic mass is 79.9. The van der Waals surface area contributed by atoms with Crippen LogP contribution in [-0.4, -0.2) is 5.78 Å². The van der Waals surface area contributed by atoms with E-state index in [0.717, 1.165) is 16.0 Å². The highest BCUT2D eigenvalue weighted by Crippen LogP contribution is 2.22. The maximum atomic E-state index is 11.5. The van der Waals surface area contributed by atoms with Crippen molar-refractivity contribution in [2.24, 2.45) is 0 Å². The van der Waals surface area contributed by atoms with E-state index >= 15 is 0 Å². The van der Waals surface area contributed by atoms with Gasteiger partial charge in [-0.3, -0.25) is 4.79 Å². The summed E-state index contributed by atoms with van der Waals surface area (Å²) >= 11 is 7.65. The molecule has 0 aliphatic heterocycles. The average Bonchev–Trinajstić information content (AvgIpc) is 2.16. The van der Waals surface area contributed by atoms with E-state index in [4.69, 9.17) is 0 Å². The molecule has 1 aromatic rings. The van der Waals surface area contributed by atoms with E-state index in [-0.39, 0.29) is 5.78 Å². The zero-order chi connectivity index (χ0) is 9.84. The van der Waals surface area contributed by atoms with Crippen LogP contribution in [0.3, 0.4) is 0 Å². The number of ketones is 1. The van der Waals surface area contributed by atoms with Gasteiger partial charge in [-0.15, -0.1) is 12.6 Å². The molecule has 1 aromatic carbocycles. The van der Waals surface area contributed by atoms with Crippen LogP contribution in [-0.2, 0) is 5.33 Å². The predicted octanol–water partition coefficient (Wildman–Crippen LogP) is 3.46. The van der Waals surface area contributed by atoms with E-state index in [1.165, 1.54) is 0 Å². The maximum absolute atomic E-state index is 11.5. The van der Waals surface area contributed by atoms with Gasteiger partial charge in [0.15, 0.2) is 5.78 Å². The van der Waals surface area contributed by atoms with Crippen LogP contribution < -0.4 is 0 Å². The number of hydrogen-bond acceptors (Lipinski definition) is 2. The van der Waals surface area contributed by atoms with Gasteiger partial charge in [-0.25, -0.2) is 0 Å². The summed E-state index contributed by atoms with van der Waals surface area (Å²) in [5.41, 5.74) is 1.77. The normalized spacial score (nSPS) is 10.1. The van der Waals surface area contributed by atoms with Crippen molar-refractivity contribution in [3.63, 3.8) is 0 Å². The Kier molecular flexibility index (Phi) is 4.00. The summed E-state index contributed by atoms with van der Waals surface area (Å²) in [7, 11) is 0. The first-order valence-electron chi connectivity index (χ1n) is 4.10. The smallest absolute Gasteiger partial charge is 0.162 e. The van der Waals surface area contributed by atoms with Gasteiger partial charge in [0.2, 0.25) is 0 Å². The van der Waals surface area contributed by atoms with Crippen LogP contribution in [0.15, 0.2) is 23.1 Å². The summed E-state index contributed by atoms with van der Waals surface area (Å²) in [5, 5.41) is 0.674. The van der Waals surface area contributed by atoms with Crippen molar-refractivity contribution >= 4 is 34.3 Å². The van der Waals surface area contributed by atoms with Gasteiger partial charge in [-0.1, -0.05) is 35.0 Å². The third kappa shape index (κ3) is 2.35. The summed E-state index contributed by atoms with van der Waals surface area (Å²) in [6.45, 7) is 1.87. The van der Waals surface area contributed by atoms with Gasteiger partial charge < -0.3 is 0 Å². The summed E-state index contributed by atoms with van der Waals surface area (Å²) in [4.78, 5) is 12.4. The molecule has 70 valence electrons. The van der Waals surface area contributed by atoms with E-state index in [1.807, 2.05) is 25.1 Å². The quantitative estimate of drug-likeness (QED) is 0.499. The Balaban J connectivity index is 3.20. The van der Waals surface area contributed by atoms with Gasteiger partial charge in [0.05, 0.1) is 0 Å². The molecular formula is C10H11BrOS. The van der Waals surface area contributed by atoms with E-state index in [2.05, 4.69) is 28.6 Å². The fourth-order valence-corrected chi connectivity index (χ4v) is 2.27. The first-order valence-corrected chi connectivity index (χ1v) is 5.67. The van der Waals surface area contributed by atoms with Crippen molar-refractivity contribution in [3.05, 3.63) is 29.3 Å². The van der Waals surface area contributed by atoms with Crippen molar-refractivity contribution in [3.8, 4) is 0 Å². The Morgan fingerprint density at radius 3 is 2.77 bits per heavy atom. The van der Waals surface area contributed by atoms with Gasteiger partial charge in [0, 0.05) is 22.2 Å². The van der Waals surface area contributed by atoms with Gasteiger partial charge in [0.25, 0.3) is 0 Å². The second kappa shape index (κ2) is 4.82. The average molecular weight is 259 g/mol. The summed E-state index contributed by atoms with van der Waals surface area (Å²) in [6, 6.07) is 5.60. The molecule has 0 atom stereocenters. The van der Waals surface area contributed by atoms with Crippen LogP contribution in [0.25, 0.3) is 0 Å². The molecule has 0 heterocycles. The number of hydrogen-bond donors (Lipinski definition) is 1. The fraction of sp³-hybridized carbons (Fsp3) is 0.300. The molecule has 0 fully saturated rings. The molecule has 0 saturated heterocycles. The van der Waals surface area contributed by atoms with Gasteiger partial charge in [-0.05, 0) is 11.6 Å².